The Balaban J connectivity index is 2.28. The fourth-order valence-corrected chi connectivity index (χ4v) is 2.39. The molecule has 0 aliphatic heterocycles. The van der Waals surface area contributed by atoms with Crippen LogP contribution in [-0.2, 0) is 6.61 Å². The molecule has 2 aromatic carbocycles. The summed E-state index contributed by atoms with van der Waals surface area (Å²) >= 11 is 6.09. The molecule has 0 bridgehead atoms. The highest BCUT2D eigenvalue weighted by Crippen LogP contribution is 2.31. The Bertz CT molecular complexity index is 754. The van der Waals surface area contributed by atoms with Gasteiger partial charge in [-0.3, -0.25) is 4.57 Å². The summed E-state index contributed by atoms with van der Waals surface area (Å²) < 4.78 is 15.7. The minimum Gasteiger partial charge on any atom is -0.388 e. The molecule has 0 unspecified atom stereocenters. The maximum absolute atomic E-state index is 14.1. The molecule has 1 heterocycles. The molecule has 6 heteroatoms. The molecule has 0 radical (unpaired) electrons. The first-order valence-electron chi connectivity index (χ1n) is 6.27. The van der Waals surface area contributed by atoms with Gasteiger partial charge in [0.05, 0.1) is 10.6 Å². The molecule has 3 aromatic rings. The molecule has 0 aliphatic rings. The van der Waals surface area contributed by atoms with E-state index >= 15 is 0 Å². The van der Waals surface area contributed by atoms with Crippen LogP contribution in [-0.4, -0.2) is 19.9 Å². The number of aliphatic hydroxyl groups excluding tert-OH is 1. The largest absolute Gasteiger partial charge is 0.388 e. The molecular formula is C15H11ClFN3O. The van der Waals surface area contributed by atoms with Gasteiger partial charge in [0.1, 0.15) is 12.4 Å². The molecule has 0 aliphatic carbocycles. The lowest BCUT2D eigenvalue weighted by molar-refractivity contribution is 0.269. The summed E-state index contributed by atoms with van der Waals surface area (Å²) in [4.78, 5) is 0. The van der Waals surface area contributed by atoms with Gasteiger partial charge >= 0.3 is 0 Å². The lowest BCUT2D eigenvalue weighted by atomic mass is 10.2. The molecule has 1 N–H and O–H groups in total. The van der Waals surface area contributed by atoms with Gasteiger partial charge in [0.25, 0.3) is 0 Å². The predicted molar refractivity (Wildman–Crippen MR) is 77.7 cm³/mol. The van der Waals surface area contributed by atoms with Crippen LogP contribution in [0.25, 0.3) is 17.1 Å². The van der Waals surface area contributed by atoms with Crippen molar-refractivity contribution in [3.63, 3.8) is 0 Å². The first kappa shape index (κ1) is 13.7. The SMILES string of the molecule is OCc1nnc(-c2c(F)cccc2Cl)n1-c1ccccc1. The average Bonchev–Trinajstić information content (AvgIpc) is 2.91. The monoisotopic (exact) mass is 303 g/mol. The number of aromatic nitrogens is 3. The van der Waals surface area contributed by atoms with Crippen molar-refractivity contribution in [2.24, 2.45) is 0 Å². The highest BCUT2D eigenvalue weighted by molar-refractivity contribution is 6.33. The van der Waals surface area contributed by atoms with E-state index in [1.54, 1.807) is 10.6 Å². The second-order valence-corrected chi connectivity index (χ2v) is 4.77. The summed E-state index contributed by atoms with van der Waals surface area (Å²) in [6, 6.07) is 13.6. The highest BCUT2D eigenvalue weighted by Gasteiger charge is 2.20. The van der Waals surface area contributed by atoms with Crippen LogP contribution in [0.4, 0.5) is 4.39 Å². The number of nitrogens with zero attached hydrogens (tertiary/aromatic N) is 3. The van der Waals surface area contributed by atoms with Crippen molar-refractivity contribution in [2.75, 3.05) is 0 Å². The molecule has 0 saturated carbocycles. The Morgan fingerprint density at radius 2 is 1.81 bits per heavy atom. The normalized spacial score (nSPS) is 10.8. The van der Waals surface area contributed by atoms with Crippen molar-refractivity contribution >= 4 is 11.6 Å². The minimum atomic E-state index is -0.489. The van der Waals surface area contributed by atoms with E-state index < -0.39 is 5.82 Å². The number of rotatable bonds is 3. The maximum Gasteiger partial charge on any atom is 0.173 e. The molecule has 0 atom stereocenters. The van der Waals surface area contributed by atoms with Crippen LogP contribution < -0.4 is 0 Å². The number of aliphatic hydroxyl groups is 1. The lowest BCUT2D eigenvalue weighted by Crippen LogP contribution is -2.04. The van der Waals surface area contributed by atoms with Crippen LogP contribution in [0.5, 0.6) is 0 Å². The number of hydrogen-bond acceptors (Lipinski definition) is 3. The standard InChI is InChI=1S/C15H11ClFN3O/c16-11-7-4-8-12(17)14(11)15-19-18-13(9-21)20(15)10-5-2-1-3-6-10/h1-8,21H,9H2. The van der Waals surface area contributed by atoms with Gasteiger partial charge in [-0.05, 0) is 24.3 Å². The Labute approximate surface area is 125 Å². The first-order chi connectivity index (χ1) is 10.2. The molecule has 21 heavy (non-hydrogen) atoms. The molecule has 3 rings (SSSR count). The second-order valence-electron chi connectivity index (χ2n) is 4.37. The van der Waals surface area contributed by atoms with Crippen molar-refractivity contribution in [1.82, 2.24) is 14.8 Å². The van der Waals surface area contributed by atoms with E-state index in [1.807, 2.05) is 30.3 Å². The van der Waals surface area contributed by atoms with E-state index in [4.69, 9.17) is 11.6 Å². The fraction of sp³-hybridized carbons (Fsp3) is 0.0667. The van der Waals surface area contributed by atoms with E-state index in [0.717, 1.165) is 5.69 Å². The molecule has 0 fully saturated rings. The quantitative estimate of drug-likeness (QED) is 0.808. The summed E-state index contributed by atoms with van der Waals surface area (Å²) in [5.74, 6) is 0.0837. The number of para-hydroxylation sites is 1. The molecule has 0 amide bonds. The van der Waals surface area contributed by atoms with Gasteiger partial charge in [0.2, 0.25) is 0 Å². The summed E-state index contributed by atoms with van der Waals surface area (Å²) in [6.45, 7) is -0.312. The summed E-state index contributed by atoms with van der Waals surface area (Å²) in [5, 5.41) is 17.6. The van der Waals surface area contributed by atoms with Gasteiger partial charge in [-0.15, -0.1) is 10.2 Å². The van der Waals surface area contributed by atoms with Crippen molar-refractivity contribution in [1.29, 1.82) is 0 Å². The minimum absolute atomic E-state index is 0.162. The van der Waals surface area contributed by atoms with Gasteiger partial charge in [0, 0.05) is 5.69 Å². The Hall–Kier alpha value is -2.24. The van der Waals surface area contributed by atoms with E-state index in [1.165, 1.54) is 12.1 Å². The third-order valence-electron chi connectivity index (χ3n) is 3.07. The Morgan fingerprint density at radius 1 is 1.05 bits per heavy atom. The maximum atomic E-state index is 14.1. The van der Waals surface area contributed by atoms with Gasteiger partial charge < -0.3 is 5.11 Å². The van der Waals surface area contributed by atoms with Crippen LogP contribution >= 0.6 is 11.6 Å². The van der Waals surface area contributed by atoms with Crippen LogP contribution in [0.2, 0.25) is 5.02 Å². The summed E-state index contributed by atoms with van der Waals surface area (Å²) in [5.41, 5.74) is 0.885. The predicted octanol–water partition coefficient (Wildman–Crippen LogP) is 3.22. The van der Waals surface area contributed by atoms with Gasteiger partial charge in [0.15, 0.2) is 11.6 Å². The Kier molecular flexibility index (Phi) is 3.68. The fourth-order valence-electron chi connectivity index (χ4n) is 2.14. The molecular weight excluding hydrogens is 293 g/mol. The van der Waals surface area contributed by atoms with Crippen molar-refractivity contribution in [2.45, 2.75) is 6.61 Å². The van der Waals surface area contributed by atoms with Crippen molar-refractivity contribution in [3.05, 3.63) is 65.2 Å². The Morgan fingerprint density at radius 3 is 2.48 bits per heavy atom. The van der Waals surface area contributed by atoms with Crippen LogP contribution in [0.15, 0.2) is 48.5 Å². The van der Waals surface area contributed by atoms with E-state index in [2.05, 4.69) is 10.2 Å². The van der Waals surface area contributed by atoms with E-state index in [9.17, 15) is 9.50 Å². The zero-order valence-electron chi connectivity index (χ0n) is 10.9. The number of benzene rings is 2. The smallest absolute Gasteiger partial charge is 0.173 e. The molecule has 1 aromatic heterocycles. The van der Waals surface area contributed by atoms with Crippen molar-refractivity contribution in [3.8, 4) is 17.1 Å². The first-order valence-corrected chi connectivity index (χ1v) is 6.65. The van der Waals surface area contributed by atoms with E-state index in [0.29, 0.717) is 5.82 Å². The van der Waals surface area contributed by atoms with Crippen LogP contribution in [0, 0.1) is 5.82 Å². The topological polar surface area (TPSA) is 50.9 Å². The zero-order chi connectivity index (χ0) is 14.8. The molecule has 0 spiro atoms. The average molecular weight is 304 g/mol. The molecule has 4 nitrogen and oxygen atoms in total. The summed E-state index contributed by atoms with van der Waals surface area (Å²) in [6.07, 6.45) is 0. The van der Waals surface area contributed by atoms with Gasteiger partial charge in [-0.1, -0.05) is 35.9 Å². The van der Waals surface area contributed by atoms with Crippen molar-refractivity contribution < 1.29 is 9.50 Å². The van der Waals surface area contributed by atoms with Crippen LogP contribution in [0.3, 0.4) is 0 Å². The number of hydrogen-bond donors (Lipinski definition) is 1. The zero-order valence-corrected chi connectivity index (χ0v) is 11.6. The summed E-state index contributed by atoms with van der Waals surface area (Å²) in [7, 11) is 0. The second kappa shape index (κ2) is 5.63. The molecule has 0 saturated heterocycles. The van der Waals surface area contributed by atoms with Gasteiger partial charge in [-0.25, -0.2) is 4.39 Å². The lowest BCUT2D eigenvalue weighted by Gasteiger charge is -2.10. The van der Waals surface area contributed by atoms with E-state index in [-0.39, 0.29) is 23.0 Å². The highest BCUT2D eigenvalue weighted by atomic mass is 35.5. The van der Waals surface area contributed by atoms with Gasteiger partial charge in [-0.2, -0.15) is 0 Å². The third-order valence-corrected chi connectivity index (χ3v) is 3.39. The third kappa shape index (κ3) is 2.41. The van der Waals surface area contributed by atoms with Crippen LogP contribution in [0.1, 0.15) is 5.82 Å². The number of halogens is 2. The molecule has 106 valence electrons.